The van der Waals surface area contributed by atoms with Crippen LogP contribution in [0.2, 0.25) is 0 Å². The van der Waals surface area contributed by atoms with Crippen LogP contribution in [-0.2, 0) is 6.54 Å². The van der Waals surface area contributed by atoms with Gasteiger partial charge >= 0.3 is 0 Å². The molecule has 1 heterocycles. The van der Waals surface area contributed by atoms with Gasteiger partial charge in [0.2, 0.25) is 0 Å². The first kappa shape index (κ1) is 16.9. The minimum Gasteiger partial charge on any atom is -0.314 e. The smallest absolute Gasteiger partial charge is 0.0795 e. The van der Waals surface area contributed by atoms with Crippen LogP contribution in [0.1, 0.15) is 51.6 Å². The molecular formula is C17H31N3S. The highest BCUT2D eigenvalue weighted by Gasteiger charge is 2.30. The van der Waals surface area contributed by atoms with Crippen LogP contribution in [0.5, 0.6) is 0 Å². The molecule has 0 amide bonds. The van der Waals surface area contributed by atoms with Gasteiger partial charge in [-0.3, -0.25) is 0 Å². The molecule has 0 saturated heterocycles. The van der Waals surface area contributed by atoms with Gasteiger partial charge in [-0.2, -0.15) is 0 Å². The van der Waals surface area contributed by atoms with Gasteiger partial charge in [0.15, 0.2) is 0 Å². The number of nitrogens with zero attached hydrogens (tertiary/aromatic N) is 2. The molecule has 4 heteroatoms. The van der Waals surface area contributed by atoms with E-state index in [-0.39, 0.29) is 0 Å². The molecule has 2 rings (SSSR count). The third kappa shape index (κ3) is 5.35. The first-order chi connectivity index (χ1) is 10.2. The van der Waals surface area contributed by atoms with Crippen LogP contribution in [-0.4, -0.2) is 36.1 Å². The summed E-state index contributed by atoms with van der Waals surface area (Å²) in [7, 11) is 2.24. The Morgan fingerprint density at radius 2 is 2.24 bits per heavy atom. The van der Waals surface area contributed by atoms with Crippen molar-refractivity contribution in [2.24, 2.45) is 11.8 Å². The maximum Gasteiger partial charge on any atom is 0.0795 e. The second kappa shape index (κ2) is 8.86. The molecular weight excluding hydrogens is 278 g/mol. The minimum absolute atomic E-state index is 0.714. The summed E-state index contributed by atoms with van der Waals surface area (Å²) < 4.78 is 0. The number of aromatic nitrogens is 1. The minimum atomic E-state index is 0.714. The van der Waals surface area contributed by atoms with Crippen LogP contribution in [0.4, 0.5) is 0 Å². The average molecular weight is 310 g/mol. The Bertz CT molecular complexity index is 379. The van der Waals surface area contributed by atoms with Crippen molar-refractivity contribution in [1.82, 2.24) is 15.2 Å². The van der Waals surface area contributed by atoms with E-state index in [9.17, 15) is 0 Å². The van der Waals surface area contributed by atoms with Gasteiger partial charge in [0.1, 0.15) is 0 Å². The lowest BCUT2D eigenvalue weighted by Crippen LogP contribution is -2.45. The zero-order chi connectivity index (χ0) is 15.1. The molecule has 1 fully saturated rings. The van der Waals surface area contributed by atoms with Crippen molar-refractivity contribution in [3.63, 3.8) is 0 Å². The molecule has 1 aliphatic rings. The second-order valence-corrected chi connectivity index (χ2v) is 7.30. The van der Waals surface area contributed by atoms with E-state index in [4.69, 9.17) is 0 Å². The molecule has 3 atom stereocenters. The topological polar surface area (TPSA) is 28.2 Å². The van der Waals surface area contributed by atoms with Crippen molar-refractivity contribution < 1.29 is 0 Å². The number of nitrogens with one attached hydrogen (secondary N) is 1. The lowest BCUT2D eigenvalue weighted by atomic mass is 9.76. The summed E-state index contributed by atoms with van der Waals surface area (Å²) >= 11 is 1.69. The summed E-state index contributed by atoms with van der Waals surface area (Å²) in [5, 5.41) is 5.96. The number of rotatable bonds is 8. The Balaban J connectivity index is 1.88. The number of hydrogen-bond acceptors (Lipinski definition) is 4. The number of thiazole rings is 1. The SMILES string of the molecule is CCCNC1CCC(CC)CC1CN(C)Cc1cscn1. The Labute approximate surface area is 134 Å². The molecule has 0 spiro atoms. The largest absolute Gasteiger partial charge is 0.314 e. The summed E-state index contributed by atoms with van der Waals surface area (Å²) in [6, 6.07) is 0.714. The summed E-state index contributed by atoms with van der Waals surface area (Å²) in [4.78, 5) is 6.87. The van der Waals surface area contributed by atoms with E-state index >= 15 is 0 Å². The molecule has 0 aromatic carbocycles. The van der Waals surface area contributed by atoms with Crippen LogP contribution in [0, 0.1) is 11.8 Å². The summed E-state index contributed by atoms with van der Waals surface area (Å²) in [6.07, 6.45) is 6.72. The van der Waals surface area contributed by atoms with Crippen molar-refractivity contribution in [3.05, 3.63) is 16.6 Å². The van der Waals surface area contributed by atoms with Crippen LogP contribution in [0.15, 0.2) is 10.9 Å². The van der Waals surface area contributed by atoms with Gasteiger partial charge in [-0.15, -0.1) is 11.3 Å². The zero-order valence-corrected chi connectivity index (χ0v) is 14.7. The van der Waals surface area contributed by atoms with Crippen molar-refractivity contribution in [1.29, 1.82) is 0 Å². The van der Waals surface area contributed by atoms with E-state index in [2.05, 4.69) is 41.5 Å². The van der Waals surface area contributed by atoms with Gasteiger partial charge in [-0.25, -0.2) is 4.98 Å². The van der Waals surface area contributed by atoms with Crippen LogP contribution in [0.3, 0.4) is 0 Å². The molecule has 3 nitrogen and oxygen atoms in total. The molecule has 3 unspecified atom stereocenters. The predicted octanol–water partition coefficient (Wildman–Crippen LogP) is 3.77. The standard InChI is InChI=1S/C17H31N3S/c1-4-8-18-17-7-6-14(5-2)9-15(17)10-20(3)11-16-12-21-13-19-16/h12-15,17-18H,4-11H2,1-3H3. The third-order valence-electron chi connectivity index (χ3n) is 4.79. The second-order valence-electron chi connectivity index (χ2n) is 6.58. The predicted molar refractivity (Wildman–Crippen MR) is 91.7 cm³/mol. The Hall–Kier alpha value is -0.450. The first-order valence-electron chi connectivity index (χ1n) is 8.51. The number of hydrogen-bond donors (Lipinski definition) is 1. The summed E-state index contributed by atoms with van der Waals surface area (Å²) in [6.45, 7) is 7.94. The highest BCUT2D eigenvalue weighted by atomic mass is 32.1. The Kier molecular flexibility index (Phi) is 7.14. The van der Waals surface area contributed by atoms with E-state index in [1.807, 2.05) is 5.51 Å². The van der Waals surface area contributed by atoms with Gasteiger partial charge in [0.05, 0.1) is 11.2 Å². The summed E-state index contributed by atoms with van der Waals surface area (Å²) in [5.74, 6) is 1.72. The molecule has 1 aromatic heterocycles. The van der Waals surface area contributed by atoms with Gasteiger partial charge in [-0.05, 0) is 51.1 Å². The van der Waals surface area contributed by atoms with Gasteiger partial charge in [-0.1, -0.05) is 20.3 Å². The van der Waals surface area contributed by atoms with Gasteiger partial charge < -0.3 is 10.2 Å². The van der Waals surface area contributed by atoms with Crippen LogP contribution >= 0.6 is 11.3 Å². The van der Waals surface area contributed by atoms with E-state index in [0.29, 0.717) is 6.04 Å². The van der Waals surface area contributed by atoms with E-state index in [1.54, 1.807) is 11.3 Å². The lowest BCUT2D eigenvalue weighted by Gasteiger charge is -2.38. The summed E-state index contributed by atoms with van der Waals surface area (Å²) in [5.41, 5.74) is 3.14. The molecule has 21 heavy (non-hydrogen) atoms. The molecule has 1 aromatic rings. The molecule has 120 valence electrons. The lowest BCUT2D eigenvalue weighted by molar-refractivity contribution is 0.148. The fourth-order valence-electron chi connectivity index (χ4n) is 3.59. The molecule has 1 N–H and O–H groups in total. The Morgan fingerprint density at radius 3 is 2.90 bits per heavy atom. The van der Waals surface area contributed by atoms with E-state index < -0.39 is 0 Å². The molecule has 0 bridgehead atoms. The highest BCUT2D eigenvalue weighted by Crippen LogP contribution is 2.32. The normalized spacial score (nSPS) is 26.4. The monoisotopic (exact) mass is 309 g/mol. The van der Waals surface area contributed by atoms with Crippen molar-refractivity contribution in [2.75, 3.05) is 20.1 Å². The molecule has 1 saturated carbocycles. The third-order valence-corrected chi connectivity index (χ3v) is 5.42. The maximum atomic E-state index is 4.41. The fourth-order valence-corrected chi connectivity index (χ4v) is 4.14. The van der Waals surface area contributed by atoms with Crippen molar-refractivity contribution >= 4 is 11.3 Å². The quantitative estimate of drug-likeness (QED) is 0.792. The van der Waals surface area contributed by atoms with Gasteiger partial charge in [0, 0.05) is 24.5 Å². The van der Waals surface area contributed by atoms with Crippen molar-refractivity contribution in [3.8, 4) is 0 Å². The molecule has 1 aliphatic carbocycles. The van der Waals surface area contributed by atoms with Crippen LogP contribution in [0.25, 0.3) is 0 Å². The highest BCUT2D eigenvalue weighted by molar-refractivity contribution is 7.07. The zero-order valence-electron chi connectivity index (χ0n) is 13.8. The van der Waals surface area contributed by atoms with Crippen LogP contribution < -0.4 is 5.32 Å². The van der Waals surface area contributed by atoms with E-state index in [1.165, 1.54) is 44.3 Å². The average Bonchev–Trinajstić information content (AvgIpc) is 2.98. The maximum absolute atomic E-state index is 4.41. The van der Waals surface area contributed by atoms with Gasteiger partial charge in [0.25, 0.3) is 0 Å². The fraction of sp³-hybridized carbons (Fsp3) is 0.824. The Morgan fingerprint density at radius 1 is 1.38 bits per heavy atom. The first-order valence-corrected chi connectivity index (χ1v) is 9.46. The molecule has 0 radical (unpaired) electrons. The van der Waals surface area contributed by atoms with E-state index in [0.717, 1.165) is 24.9 Å². The van der Waals surface area contributed by atoms with Crippen molar-refractivity contribution in [2.45, 2.75) is 58.5 Å². The molecule has 0 aliphatic heterocycles.